The Morgan fingerprint density at radius 3 is 2.87 bits per heavy atom. The molecule has 1 saturated carbocycles. The number of rotatable bonds is 6. The number of nitriles is 1. The number of esters is 1. The normalized spacial score (nSPS) is 15.1. The molecule has 1 aliphatic carbocycles. The van der Waals surface area contributed by atoms with Gasteiger partial charge in [0.1, 0.15) is 5.54 Å². The highest BCUT2D eigenvalue weighted by molar-refractivity contribution is 7.13. The lowest BCUT2D eigenvalue weighted by Gasteiger charge is -2.21. The molecule has 9 heteroatoms. The standard InChI is InChI=1S/C21H21N5O3S/c1-2-26-19-15(11-23-26)14(10-16(24-19)17-6-5-9-30-17)20(28)29-12-18(27)25-21(13-22)7-3-4-8-21/h5-6,9-11H,2-4,7-8,12H2,1H3,(H,25,27). The average Bonchev–Trinajstić information content (AvgIpc) is 3.52. The fourth-order valence-corrected chi connectivity index (χ4v) is 4.44. The second-order valence-electron chi connectivity index (χ2n) is 7.26. The summed E-state index contributed by atoms with van der Waals surface area (Å²) in [5.74, 6) is -1.09. The Kier molecular flexibility index (Phi) is 5.50. The van der Waals surface area contributed by atoms with Gasteiger partial charge in [-0.1, -0.05) is 6.07 Å². The number of thiophene rings is 1. The third kappa shape index (κ3) is 3.78. The van der Waals surface area contributed by atoms with Gasteiger partial charge in [-0.05, 0) is 50.1 Å². The van der Waals surface area contributed by atoms with Gasteiger partial charge in [0, 0.05) is 6.54 Å². The largest absolute Gasteiger partial charge is 0.452 e. The molecule has 154 valence electrons. The second kappa shape index (κ2) is 8.24. The molecular formula is C21H21N5O3S. The zero-order valence-corrected chi connectivity index (χ0v) is 17.4. The monoisotopic (exact) mass is 423 g/mol. The molecule has 1 N–H and O–H groups in total. The Bertz CT molecular complexity index is 1120. The highest BCUT2D eigenvalue weighted by Crippen LogP contribution is 2.29. The van der Waals surface area contributed by atoms with Crippen molar-refractivity contribution >= 4 is 34.2 Å². The zero-order chi connectivity index (χ0) is 21.1. The van der Waals surface area contributed by atoms with Gasteiger partial charge in [-0.15, -0.1) is 11.3 Å². The van der Waals surface area contributed by atoms with Gasteiger partial charge in [0.05, 0.1) is 33.8 Å². The Balaban J connectivity index is 1.56. The predicted molar refractivity (Wildman–Crippen MR) is 112 cm³/mol. The molecule has 30 heavy (non-hydrogen) atoms. The summed E-state index contributed by atoms with van der Waals surface area (Å²) >= 11 is 1.52. The van der Waals surface area contributed by atoms with E-state index in [0.717, 1.165) is 17.7 Å². The number of nitrogens with one attached hydrogen (secondary N) is 1. The van der Waals surface area contributed by atoms with E-state index >= 15 is 0 Å². The summed E-state index contributed by atoms with van der Waals surface area (Å²) in [6.07, 6.45) is 4.62. The molecule has 4 rings (SSSR count). The maximum Gasteiger partial charge on any atom is 0.339 e. The van der Waals surface area contributed by atoms with Gasteiger partial charge in [-0.2, -0.15) is 10.4 Å². The fraction of sp³-hybridized carbons (Fsp3) is 0.381. The fourth-order valence-electron chi connectivity index (χ4n) is 3.75. The van der Waals surface area contributed by atoms with Crippen molar-refractivity contribution in [2.45, 2.75) is 44.7 Å². The van der Waals surface area contributed by atoms with Crippen molar-refractivity contribution in [1.29, 1.82) is 5.26 Å². The van der Waals surface area contributed by atoms with Crippen LogP contribution in [0.25, 0.3) is 21.6 Å². The van der Waals surface area contributed by atoms with E-state index in [-0.39, 0.29) is 0 Å². The maximum absolute atomic E-state index is 12.8. The first-order chi connectivity index (χ1) is 14.5. The molecule has 0 saturated heterocycles. The topological polar surface area (TPSA) is 110 Å². The summed E-state index contributed by atoms with van der Waals surface area (Å²) < 4.78 is 7.01. The summed E-state index contributed by atoms with van der Waals surface area (Å²) in [7, 11) is 0. The van der Waals surface area contributed by atoms with Crippen LogP contribution in [0.15, 0.2) is 29.8 Å². The van der Waals surface area contributed by atoms with Crippen molar-refractivity contribution in [2.24, 2.45) is 0 Å². The maximum atomic E-state index is 12.8. The third-order valence-electron chi connectivity index (χ3n) is 5.29. The lowest BCUT2D eigenvalue weighted by atomic mass is 10.00. The summed E-state index contributed by atoms with van der Waals surface area (Å²) in [6, 6.07) is 7.71. The number of aryl methyl sites for hydroxylation is 1. The average molecular weight is 423 g/mol. The van der Waals surface area contributed by atoms with E-state index in [1.807, 2.05) is 24.4 Å². The molecule has 0 aliphatic heterocycles. The number of hydrogen-bond donors (Lipinski definition) is 1. The minimum absolute atomic E-state index is 0.312. The van der Waals surface area contributed by atoms with Crippen LogP contribution in [0.2, 0.25) is 0 Å². The van der Waals surface area contributed by atoms with Crippen LogP contribution >= 0.6 is 11.3 Å². The van der Waals surface area contributed by atoms with Gasteiger partial charge in [0.15, 0.2) is 12.3 Å². The number of aromatic nitrogens is 3. The molecule has 0 aromatic carbocycles. The predicted octanol–water partition coefficient (Wildman–Crippen LogP) is 3.29. The van der Waals surface area contributed by atoms with Crippen molar-refractivity contribution in [2.75, 3.05) is 6.61 Å². The van der Waals surface area contributed by atoms with Crippen LogP contribution in [0.5, 0.6) is 0 Å². The lowest BCUT2D eigenvalue weighted by molar-refractivity contribution is -0.125. The number of carbonyl (C=O) groups is 2. The van der Waals surface area contributed by atoms with E-state index in [4.69, 9.17) is 4.74 Å². The van der Waals surface area contributed by atoms with E-state index in [1.54, 1.807) is 16.9 Å². The molecule has 0 atom stereocenters. The third-order valence-corrected chi connectivity index (χ3v) is 6.18. The molecule has 0 unspecified atom stereocenters. The second-order valence-corrected chi connectivity index (χ2v) is 8.20. The van der Waals surface area contributed by atoms with Crippen LogP contribution < -0.4 is 5.32 Å². The van der Waals surface area contributed by atoms with E-state index in [2.05, 4.69) is 21.5 Å². The smallest absolute Gasteiger partial charge is 0.339 e. The van der Waals surface area contributed by atoms with E-state index in [1.165, 1.54) is 11.3 Å². The van der Waals surface area contributed by atoms with Crippen molar-refractivity contribution in [3.8, 4) is 16.6 Å². The lowest BCUT2D eigenvalue weighted by Crippen LogP contribution is -2.46. The summed E-state index contributed by atoms with van der Waals surface area (Å²) in [4.78, 5) is 30.7. The number of carbonyl (C=O) groups excluding carboxylic acids is 2. The molecule has 3 aromatic heterocycles. The Labute approximate surface area is 177 Å². The van der Waals surface area contributed by atoms with Crippen molar-refractivity contribution in [1.82, 2.24) is 20.1 Å². The van der Waals surface area contributed by atoms with Crippen LogP contribution in [0, 0.1) is 11.3 Å². The number of pyridine rings is 1. The number of nitrogens with zero attached hydrogens (tertiary/aromatic N) is 4. The molecule has 1 aliphatic rings. The van der Waals surface area contributed by atoms with Crippen LogP contribution in [-0.4, -0.2) is 38.8 Å². The first-order valence-electron chi connectivity index (χ1n) is 9.85. The highest BCUT2D eigenvalue weighted by atomic mass is 32.1. The molecule has 1 fully saturated rings. The molecule has 3 heterocycles. The molecule has 1 amide bonds. The number of ether oxygens (including phenoxy) is 1. The van der Waals surface area contributed by atoms with E-state index in [9.17, 15) is 14.9 Å². The molecule has 0 spiro atoms. The van der Waals surface area contributed by atoms with Gasteiger partial charge in [-0.3, -0.25) is 4.79 Å². The minimum atomic E-state index is -0.845. The Hall–Kier alpha value is -3.25. The molecule has 3 aromatic rings. The summed E-state index contributed by atoms with van der Waals surface area (Å²) in [5, 5.41) is 18.9. The van der Waals surface area contributed by atoms with Crippen molar-refractivity contribution < 1.29 is 14.3 Å². The summed E-state index contributed by atoms with van der Waals surface area (Å²) in [5.41, 5.74) is 0.710. The van der Waals surface area contributed by atoms with Gasteiger partial charge in [-0.25, -0.2) is 14.5 Å². The van der Waals surface area contributed by atoms with Crippen molar-refractivity contribution in [3.05, 3.63) is 35.3 Å². The first-order valence-corrected chi connectivity index (χ1v) is 10.7. The molecule has 8 nitrogen and oxygen atoms in total. The van der Waals surface area contributed by atoms with Crippen LogP contribution in [0.3, 0.4) is 0 Å². The van der Waals surface area contributed by atoms with Gasteiger partial charge >= 0.3 is 5.97 Å². The SMILES string of the molecule is CCn1ncc2c(C(=O)OCC(=O)NC3(C#N)CCCC3)cc(-c3cccs3)nc21. The number of fused-ring (bicyclic) bond motifs is 1. The van der Waals surface area contributed by atoms with E-state index in [0.29, 0.717) is 41.7 Å². The van der Waals surface area contributed by atoms with Crippen LogP contribution in [0.4, 0.5) is 0 Å². The van der Waals surface area contributed by atoms with Crippen LogP contribution in [-0.2, 0) is 16.1 Å². The van der Waals surface area contributed by atoms with Gasteiger partial charge in [0.25, 0.3) is 5.91 Å². The molecular weight excluding hydrogens is 402 g/mol. The van der Waals surface area contributed by atoms with Crippen LogP contribution in [0.1, 0.15) is 43.0 Å². The summed E-state index contributed by atoms with van der Waals surface area (Å²) in [6.45, 7) is 2.11. The zero-order valence-electron chi connectivity index (χ0n) is 16.6. The Morgan fingerprint density at radius 1 is 1.40 bits per heavy atom. The van der Waals surface area contributed by atoms with Gasteiger partial charge < -0.3 is 10.1 Å². The molecule has 0 radical (unpaired) electrons. The van der Waals surface area contributed by atoms with Crippen molar-refractivity contribution in [3.63, 3.8) is 0 Å². The Morgan fingerprint density at radius 2 is 2.20 bits per heavy atom. The van der Waals surface area contributed by atoms with E-state index < -0.39 is 24.0 Å². The number of hydrogen-bond acceptors (Lipinski definition) is 7. The highest BCUT2D eigenvalue weighted by Gasteiger charge is 2.35. The first kappa shape index (κ1) is 20.0. The molecule has 0 bridgehead atoms. The minimum Gasteiger partial charge on any atom is -0.452 e. The quantitative estimate of drug-likeness (QED) is 0.609. The number of amides is 1. The van der Waals surface area contributed by atoms with Gasteiger partial charge in [0.2, 0.25) is 0 Å².